The molecule has 6 heteroatoms. The Bertz CT molecular complexity index is 3860. The average Bonchev–Trinajstić information content (AvgIpc) is 4.06. The average molecular weight is 905 g/mol. The van der Waals surface area contributed by atoms with Crippen LogP contribution in [-0.4, -0.2) is 6.71 Å². The van der Waals surface area contributed by atoms with Gasteiger partial charge in [-0.15, -0.1) is 22.7 Å². The molecule has 2 aromatic heterocycles. The third-order valence-electron chi connectivity index (χ3n) is 14.2. The molecule has 7 aromatic carbocycles. The molecule has 0 saturated carbocycles. The van der Waals surface area contributed by atoms with Crippen molar-refractivity contribution in [1.82, 2.24) is 0 Å². The minimum Gasteiger partial charge on any atom is -0.457 e. The highest BCUT2D eigenvalue weighted by Gasteiger charge is 2.48. The number of ether oxygens (including phenoxy) is 1. The lowest BCUT2D eigenvalue weighted by molar-refractivity contribution is 0.406. The van der Waals surface area contributed by atoms with E-state index in [1.54, 1.807) is 17.4 Å². The van der Waals surface area contributed by atoms with E-state index in [0.717, 1.165) is 65.0 Å². The fraction of sp³-hybridized carbons (Fsp3) is 0.233. The Morgan fingerprint density at radius 3 is 1.97 bits per heavy atom. The number of nitrogens with zero attached hydrogens (tertiary/aromatic N) is 2. The van der Waals surface area contributed by atoms with Crippen LogP contribution in [-0.2, 0) is 21.7 Å². The second kappa shape index (κ2) is 14.5. The first kappa shape index (κ1) is 31.8. The van der Waals surface area contributed by atoms with E-state index in [2.05, 4.69) is 146 Å². The van der Waals surface area contributed by atoms with Gasteiger partial charge in [-0.25, -0.2) is 0 Å². The third-order valence-corrected chi connectivity index (χ3v) is 17.0. The van der Waals surface area contributed by atoms with E-state index in [1.807, 2.05) is 23.5 Å². The standard InChI is InChI=1S/C60H55BN2OS2/c1-57(2,3)37-25-28-42(29-26-37)63-47-35-51-44(52-55(65-51)59(6,7)36-58(52,4)5)34-46(47)61-53-48(63)32-43(62(40-21-15-11-16-22-40)41-23-17-12-18-24-41)33-49(53)64-54-45-31-39(27-30-50(45)66-56(54)61)60(8,9)38-19-13-10-14-20-38/h10-35H,36H2,1-9H3/i11D,12D,15D,16D,17D,18D,21D,22D,23D,24D. The maximum Gasteiger partial charge on any atom is 0.268 e. The molecule has 0 bridgehead atoms. The molecule has 1 aliphatic carbocycles. The van der Waals surface area contributed by atoms with Gasteiger partial charge in [0, 0.05) is 69.8 Å². The van der Waals surface area contributed by atoms with Crippen LogP contribution in [0.25, 0.3) is 20.2 Å². The molecule has 12 rings (SSSR count). The molecule has 0 atom stereocenters. The summed E-state index contributed by atoms with van der Waals surface area (Å²) in [5.41, 5.74) is 7.88. The minimum atomic E-state index is -0.639. The Kier molecular flexibility index (Phi) is 6.96. The number of para-hydroxylation sites is 2. The molecule has 66 heavy (non-hydrogen) atoms. The summed E-state index contributed by atoms with van der Waals surface area (Å²) in [6.07, 6.45) is 1.02. The number of thiophene rings is 2. The zero-order chi connectivity index (χ0) is 54.2. The molecule has 0 saturated heterocycles. The summed E-state index contributed by atoms with van der Waals surface area (Å²) >= 11 is 3.55. The highest BCUT2D eigenvalue weighted by atomic mass is 32.1. The molecule has 326 valence electrons. The third kappa shape index (κ3) is 6.28. The lowest BCUT2D eigenvalue weighted by atomic mass is 9.36. The molecule has 0 fully saturated rings. The van der Waals surface area contributed by atoms with Gasteiger partial charge in [-0.3, -0.25) is 0 Å². The molecule has 0 spiro atoms. The molecule has 0 unspecified atom stereocenters. The van der Waals surface area contributed by atoms with E-state index in [1.165, 1.54) is 20.7 Å². The van der Waals surface area contributed by atoms with Gasteiger partial charge < -0.3 is 14.5 Å². The highest BCUT2D eigenvalue weighted by Crippen LogP contribution is 2.57. The van der Waals surface area contributed by atoms with Crippen molar-refractivity contribution >= 4 is 99.4 Å². The zero-order valence-electron chi connectivity index (χ0n) is 48.6. The predicted molar refractivity (Wildman–Crippen MR) is 286 cm³/mol. The van der Waals surface area contributed by atoms with Crippen molar-refractivity contribution in [2.45, 2.75) is 90.4 Å². The molecule has 0 amide bonds. The maximum absolute atomic E-state index is 9.39. The number of hydrogen-bond donors (Lipinski definition) is 0. The van der Waals surface area contributed by atoms with Gasteiger partial charge in [0.05, 0.1) is 19.4 Å². The van der Waals surface area contributed by atoms with Crippen LogP contribution in [0.1, 0.15) is 110 Å². The normalized spacial score (nSPS) is 17.7. The summed E-state index contributed by atoms with van der Waals surface area (Å²) in [6.45, 7) is 20.0. The van der Waals surface area contributed by atoms with Crippen LogP contribution in [0, 0.1) is 0 Å². The van der Waals surface area contributed by atoms with E-state index in [9.17, 15) is 5.48 Å². The summed E-state index contributed by atoms with van der Waals surface area (Å²) in [5, 5.41) is 2.16. The Balaban J connectivity index is 1.22. The van der Waals surface area contributed by atoms with Gasteiger partial charge in [-0.2, -0.15) is 0 Å². The largest absolute Gasteiger partial charge is 0.457 e. The SMILES string of the molecule is [2H]c1c([2H])c([2H])c(N(c2cc3c4c(c2)N(c2ccc(C(C)(C)C)cc2)c2cc5sc6c(c5cc2B4c2sc4ccc(C(C)(C)c5ccccc5)cc4c2O3)C(C)(C)CC6(C)C)c2c([2H])c([2H])c([2H])c([2H])c2[2H])c([2H])c1[2H]. The molecule has 2 aliphatic heterocycles. The van der Waals surface area contributed by atoms with Crippen LogP contribution in [0.5, 0.6) is 11.5 Å². The van der Waals surface area contributed by atoms with Crippen molar-refractivity contribution < 1.29 is 18.4 Å². The molecule has 4 heterocycles. The Morgan fingerprint density at radius 2 is 1.30 bits per heavy atom. The molecule has 3 nitrogen and oxygen atoms in total. The van der Waals surface area contributed by atoms with E-state index in [-0.39, 0.29) is 45.4 Å². The topological polar surface area (TPSA) is 15.7 Å². The van der Waals surface area contributed by atoms with Gasteiger partial charge in [0.1, 0.15) is 11.5 Å². The molecule has 0 N–H and O–H groups in total. The van der Waals surface area contributed by atoms with E-state index in [4.69, 9.17) is 13.0 Å². The lowest BCUT2D eigenvalue weighted by Crippen LogP contribution is -2.58. The van der Waals surface area contributed by atoms with Gasteiger partial charge in [0.2, 0.25) is 0 Å². The first-order chi connectivity index (χ1) is 35.7. The van der Waals surface area contributed by atoms with Gasteiger partial charge in [0.15, 0.2) is 0 Å². The van der Waals surface area contributed by atoms with Gasteiger partial charge in [-0.05, 0) is 116 Å². The second-order valence-corrected chi connectivity index (χ2v) is 23.1. The van der Waals surface area contributed by atoms with E-state index < -0.39 is 60.4 Å². The first-order valence-electron chi connectivity index (χ1n) is 27.7. The molecule has 0 radical (unpaired) electrons. The number of rotatable bonds is 6. The van der Waals surface area contributed by atoms with Crippen molar-refractivity contribution in [2.75, 3.05) is 9.80 Å². The summed E-state index contributed by atoms with van der Waals surface area (Å²) in [7, 11) is 0. The van der Waals surface area contributed by atoms with Crippen molar-refractivity contribution in [3.05, 3.63) is 185 Å². The second-order valence-electron chi connectivity index (χ2n) is 21.0. The fourth-order valence-electron chi connectivity index (χ4n) is 11.2. The summed E-state index contributed by atoms with van der Waals surface area (Å²) in [4.78, 5) is 4.84. The molecular formula is C60H55BN2OS2. The van der Waals surface area contributed by atoms with Crippen molar-refractivity contribution in [1.29, 1.82) is 0 Å². The van der Waals surface area contributed by atoms with E-state index >= 15 is 0 Å². The highest BCUT2D eigenvalue weighted by molar-refractivity contribution is 7.33. The van der Waals surface area contributed by atoms with Gasteiger partial charge in [-0.1, -0.05) is 153 Å². The van der Waals surface area contributed by atoms with Crippen LogP contribution >= 0.6 is 22.7 Å². The van der Waals surface area contributed by atoms with Crippen molar-refractivity contribution in [3.8, 4) is 11.5 Å². The Morgan fingerprint density at radius 1 is 0.636 bits per heavy atom. The molecule has 3 aliphatic rings. The number of benzene rings is 7. The zero-order valence-corrected chi connectivity index (χ0v) is 40.3. The smallest absolute Gasteiger partial charge is 0.268 e. The quantitative estimate of drug-likeness (QED) is 0.155. The van der Waals surface area contributed by atoms with Crippen LogP contribution in [0.2, 0.25) is 0 Å². The summed E-state index contributed by atoms with van der Waals surface area (Å²) in [5.74, 6) is 1.09. The number of anilines is 6. The van der Waals surface area contributed by atoms with Crippen molar-refractivity contribution in [3.63, 3.8) is 0 Å². The Labute approximate surface area is 412 Å². The molecule has 9 aromatic rings. The molecular weight excluding hydrogens is 840 g/mol. The first-order valence-corrected chi connectivity index (χ1v) is 24.3. The van der Waals surface area contributed by atoms with Gasteiger partial charge >= 0.3 is 0 Å². The van der Waals surface area contributed by atoms with Gasteiger partial charge in [0.25, 0.3) is 6.71 Å². The van der Waals surface area contributed by atoms with E-state index in [0.29, 0.717) is 17.2 Å². The fourth-order valence-corrected chi connectivity index (χ4v) is 14.0. The van der Waals surface area contributed by atoms with Crippen LogP contribution in [0.4, 0.5) is 34.1 Å². The van der Waals surface area contributed by atoms with Crippen LogP contribution in [0.3, 0.4) is 0 Å². The summed E-state index contributed by atoms with van der Waals surface area (Å²) in [6, 6.07) is 27.6. The Hall–Kier alpha value is -6.08. The van der Waals surface area contributed by atoms with Crippen molar-refractivity contribution in [2.24, 2.45) is 0 Å². The predicted octanol–water partition coefficient (Wildman–Crippen LogP) is 15.6. The summed E-state index contributed by atoms with van der Waals surface area (Å²) < 4.78 is 101. The number of hydrogen-bond acceptors (Lipinski definition) is 5. The van der Waals surface area contributed by atoms with Crippen LogP contribution < -0.4 is 30.2 Å². The lowest BCUT2D eigenvalue weighted by Gasteiger charge is -2.40. The maximum atomic E-state index is 9.39. The van der Waals surface area contributed by atoms with Crippen LogP contribution in [0.15, 0.2) is 157 Å². The monoisotopic (exact) mass is 904 g/mol. The minimum absolute atomic E-state index is 0.0463. The number of fused-ring (bicyclic) bond motifs is 9.